The Labute approximate surface area is 112 Å². The molecular formula is C16H27NO. The predicted molar refractivity (Wildman–Crippen MR) is 78.0 cm³/mol. The molecule has 0 bridgehead atoms. The van der Waals surface area contributed by atoms with E-state index < -0.39 is 0 Å². The minimum absolute atomic E-state index is 0.698. The predicted octanol–water partition coefficient (Wildman–Crippen LogP) is 4.00. The van der Waals surface area contributed by atoms with Gasteiger partial charge in [0.15, 0.2) is 0 Å². The Morgan fingerprint density at radius 3 is 2.83 bits per heavy atom. The zero-order chi connectivity index (χ0) is 13.2. The summed E-state index contributed by atoms with van der Waals surface area (Å²) < 4.78 is 5.76. The van der Waals surface area contributed by atoms with Crippen LogP contribution in [0.4, 0.5) is 0 Å². The topological polar surface area (TPSA) is 21.3 Å². The van der Waals surface area contributed by atoms with Crippen LogP contribution in [-0.2, 0) is 6.54 Å². The Bertz CT molecular complexity index is 323. The van der Waals surface area contributed by atoms with Gasteiger partial charge >= 0.3 is 0 Å². The maximum atomic E-state index is 5.76. The van der Waals surface area contributed by atoms with Gasteiger partial charge in [0, 0.05) is 6.54 Å². The minimum Gasteiger partial charge on any atom is -0.494 e. The Balaban J connectivity index is 2.32. The third-order valence-corrected chi connectivity index (χ3v) is 2.90. The number of benzene rings is 1. The molecule has 0 aliphatic carbocycles. The quantitative estimate of drug-likeness (QED) is 0.668. The van der Waals surface area contributed by atoms with Crippen LogP contribution in [0.2, 0.25) is 0 Å². The third kappa shape index (κ3) is 6.65. The molecule has 18 heavy (non-hydrogen) atoms. The number of hydrogen-bond donors (Lipinski definition) is 1. The number of hydrogen-bond acceptors (Lipinski definition) is 2. The van der Waals surface area contributed by atoms with Gasteiger partial charge < -0.3 is 10.1 Å². The minimum atomic E-state index is 0.698. The van der Waals surface area contributed by atoms with Gasteiger partial charge in [-0.25, -0.2) is 0 Å². The molecule has 0 atom stereocenters. The fraction of sp³-hybridized carbons (Fsp3) is 0.625. The molecule has 0 spiro atoms. The molecule has 1 N–H and O–H groups in total. The van der Waals surface area contributed by atoms with Crippen LogP contribution in [0.3, 0.4) is 0 Å². The van der Waals surface area contributed by atoms with Crippen LogP contribution in [0.1, 0.15) is 45.6 Å². The van der Waals surface area contributed by atoms with Gasteiger partial charge in [0.2, 0.25) is 0 Å². The Kier molecular flexibility index (Phi) is 7.51. The first-order chi connectivity index (χ1) is 8.72. The summed E-state index contributed by atoms with van der Waals surface area (Å²) in [6.07, 6.45) is 3.59. The van der Waals surface area contributed by atoms with E-state index in [-0.39, 0.29) is 0 Å². The molecule has 102 valence electrons. The SMILES string of the molecule is CCCCNCc1cccc(OCCC(C)C)c1. The highest BCUT2D eigenvalue weighted by Gasteiger charge is 1.98. The highest BCUT2D eigenvalue weighted by molar-refractivity contribution is 5.28. The average Bonchev–Trinajstić information content (AvgIpc) is 2.35. The van der Waals surface area contributed by atoms with E-state index in [4.69, 9.17) is 4.74 Å². The van der Waals surface area contributed by atoms with E-state index >= 15 is 0 Å². The van der Waals surface area contributed by atoms with E-state index in [0.29, 0.717) is 5.92 Å². The zero-order valence-corrected chi connectivity index (χ0v) is 12.0. The summed E-state index contributed by atoms with van der Waals surface area (Å²) in [6.45, 7) is 9.49. The monoisotopic (exact) mass is 249 g/mol. The first kappa shape index (κ1) is 15.0. The fourth-order valence-corrected chi connectivity index (χ4v) is 1.69. The summed E-state index contributed by atoms with van der Waals surface area (Å²) in [7, 11) is 0. The molecule has 1 aromatic carbocycles. The highest BCUT2D eigenvalue weighted by atomic mass is 16.5. The van der Waals surface area contributed by atoms with Gasteiger partial charge in [-0.3, -0.25) is 0 Å². The van der Waals surface area contributed by atoms with Crippen molar-refractivity contribution in [3.05, 3.63) is 29.8 Å². The van der Waals surface area contributed by atoms with Crippen molar-refractivity contribution in [2.75, 3.05) is 13.2 Å². The van der Waals surface area contributed by atoms with Gasteiger partial charge in [-0.2, -0.15) is 0 Å². The fourth-order valence-electron chi connectivity index (χ4n) is 1.69. The van der Waals surface area contributed by atoms with Crippen molar-refractivity contribution in [2.24, 2.45) is 5.92 Å². The molecule has 0 amide bonds. The Hall–Kier alpha value is -1.02. The molecule has 0 saturated carbocycles. The lowest BCUT2D eigenvalue weighted by atomic mass is 10.1. The molecule has 1 aromatic rings. The highest BCUT2D eigenvalue weighted by Crippen LogP contribution is 2.14. The number of unbranched alkanes of at least 4 members (excludes halogenated alkanes) is 1. The summed E-state index contributed by atoms with van der Waals surface area (Å²) in [4.78, 5) is 0. The summed E-state index contributed by atoms with van der Waals surface area (Å²) in [6, 6.07) is 8.39. The van der Waals surface area contributed by atoms with Crippen LogP contribution >= 0.6 is 0 Å². The van der Waals surface area contributed by atoms with Crippen molar-refractivity contribution in [3.63, 3.8) is 0 Å². The smallest absolute Gasteiger partial charge is 0.119 e. The molecule has 0 heterocycles. The van der Waals surface area contributed by atoms with Crippen molar-refractivity contribution < 1.29 is 4.74 Å². The molecule has 0 fully saturated rings. The molecule has 0 saturated heterocycles. The van der Waals surface area contributed by atoms with Gasteiger partial charge in [0.25, 0.3) is 0 Å². The molecule has 0 aliphatic heterocycles. The van der Waals surface area contributed by atoms with E-state index in [1.807, 2.05) is 6.07 Å². The second-order valence-corrected chi connectivity index (χ2v) is 5.21. The lowest BCUT2D eigenvalue weighted by Crippen LogP contribution is -2.14. The van der Waals surface area contributed by atoms with Crippen LogP contribution in [0.15, 0.2) is 24.3 Å². The molecule has 2 heteroatoms. The standard InChI is InChI=1S/C16H27NO/c1-4-5-10-17-13-15-7-6-8-16(12-15)18-11-9-14(2)3/h6-8,12,14,17H,4-5,9-11,13H2,1-3H3. The van der Waals surface area contributed by atoms with Gasteiger partial charge in [-0.05, 0) is 43.0 Å². The molecule has 0 aliphatic rings. The van der Waals surface area contributed by atoms with E-state index in [9.17, 15) is 0 Å². The van der Waals surface area contributed by atoms with Gasteiger partial charge in [0.1, 0.15) is 5.75 Å². The van der Waals surface area contributed by atoms with Crippen LogP contribution in [0.5, 0.6) is 5.75 Å². The van der Waals surface area contributed by atoms with Crippen LogP contribution in [0, 0.1) is 5.92 Å². The number of rotatable bonds is 9. The van der Waals surface area contributed by atoms with Gasteiger partial charge in [-0.1, -0.05) is 39.3 Å². The summed E-state index contributed by atoms with van der Waals surface area (Å²) in [5, 5.41) is 3.45. The lowest BCUT2D eigenvalue weighted by molar-refractivity contribution is 0.289. The zero-order valence-electron chi connectivity index (χ0n) is 12.0. The average molecular weight is 249 g/mol. The molecule has 2 nitrogen and oxygen atoms in total. The van der Waals surface area contributed by atoms with E-state index in [1.54, 1.807) is 0 Å². The largest absolute Gasteiger partial charge is 0.494 e. The second-order valence-electron chi connectivity index (χ2n) is 5.21. The van der Waals surface area contributed by atoms with Gasteiger partial charge in [0.05, 0.1) is 6.61 Å². The first-order valence-electron chi connectivity index (χ1n) is 7.14. The summed E-state index contributed by atoms with van der Waals surface area (Å²) >= 11 is 0. The van der Waals surface area contributed by atoms with Crippen molar-refractivity contribution >= 4 is 0 Å². The Morgan fingerprint density at radius 2 is 2.11 bits per heavy atom. The van der Waals surface area contributed by atoms with Crippen molar-refractivity contribution in [3.8, 4) is 5.75 Å². The maximum absolute atomic E-state index is 5.76. The lowest BCUT2D eigenvalue weighted by Gasteiger charge is -2.10. The molecule has 0 radical (unpaired) electrons. The van der Waals surface area contributed by atoms with Crippen LogP contribution < -0.4 is 10.1 Å². The summed E-state index contributed by atoms with van der Waals surface area (Å²) in [5.74, 6) is 1.69. The second kappa shape index (κ2) is 8.98. The Morgan fingerprint density at radius 1 is 1.28 bits per heavy atom. The van der Waals surface area contributed by atoms with E-state index in [1.165, 1.54) is 18.4 Å². The van der Waals surface area contributed by atoms with E-state index in [0.717, 1.165) is 31.9 Å². The molecule has 1 rings (SSSR count). The number of nitrogens with one attached hydrogen (secondary N) is 1. The van der Waals surface area contributed by atoms with Crippen molar-refractivity contribution in [1.29, 1.82) is 0 Å². The van der Waals surface area contributed by atoms with E-state index in [2.05, 4.69) is 44.3 Å². The third-order valence-electron chi connectivity index (χ3n) is 2.90. The molecule has 0 aromatic heterocycles. The van der Waals surface area contributed by atoms with Gasteiger partial charge in [-0.15, -0.1) is 0 Å². The number of ether oxygens (including phenoxy) is 1. The summed E-state index contributed by atoms with van der Waals surface area (Å²) in [5.41, 5.74) is 1.30. The first-order valence-corrected chi connectivity index (χ1v) is 7.14. The molecule has 0 unspecified atom stereocenters. The normalized spacial score (nSPS) is 10.9. The van der Waals surface area contributed by atoms with Crippen LogP contribution in [0.25, 0.3) is 0 Å². The van der Waals surface area contributed by atoms with Crippen molar-refractivity contribution in [2.45, 2.75) is 46.6 Å². The molecular weight excluding hydrogens is 222 g/mol. The maximum Gasteiger partial charge on any atom is 0.119 e. The van der Waals surface area contributed by atoms with Crippen molar-refractivity contribution in [1.82, 2.24) is 5.32 Å². The van der Waals surface area contributed by atoms with Crippen LogP contribution in [-0.4, -0.2) is 13.2 Å².